The van der Waals surface area contributed by atoms with Crippen molar-refractivity contribution in [1.82, 2.24) is 0 Å². The Kier molecular flexibility index (Phi) is 5.21. The first-order valence-electron chi connectivity index (χ1n) is 13.8. The van der Waals surface area contributed by atoms with Gasteiger partial charge in [0.2, 0.25) is 0 Å². The number of esters is 1. The minimum atomic E-state index is -0.134. The summed E-state index contributed by atoms with van der Waals surface area (Å²) in [5.41, 5.74) is 0.947. The van der Waals surface area contributed by atoms with Gasteiger partial charge in [0.15, 0.2) is 0 Å². The van der Waals surface area contributed by atoms with Gasteiger partial charge >= 0.3 is 5.97 Å². The maximum absolute atomic E-state index is 11.9. The summed E-state index contributed by atoms with van der Waals surface area (Å²) in [6.45, 7) is 14.0. The third kappa shape index (κ3) is 2.55. The first-order chi connectivity index (χ1) is 15.5. The number of fused-ring (bicyclic) bond motifs is 2. The van der Waals surface area contributed by atoms with E-state index in [0.717, 1.165) is 12.8 Å². The van der Waals surface area contributed by atoms with E-state index in [1.54, 1.807) is 6.92 Å². The van der Waals surface area contributed by atoms with Crippen molar-refractivity contribution in [3.63, 3.8) is 0 Å². The molecular formula is C30H46O3. The molecule has 0 aromatic heterocycles. The fourth-order valence-electron chi connectivity index (χ4n) is 11.7. The molecule has 0 aliphatic heterocycles. The van der Waals surface area contributed by atoms with Crippen molar-refractivity contribution >= 4 is 5.97 Å². The standard InChI is InChI=1S/C30H46O3/c1-8-28-14-11-22(19(2)13-18-31)27(28,7)16-17-30-20(3)29(30)15-12-25(33-21(4)32)26(5,6)23(29)9-10-24(28)30/h1,19-20,22-25,31H,9-18H2,2-7H3/t19-,20-,22-,23+,24+,25+,27-,28+,29-,30+/m1/s1. The summed E-state index contributed by atoms with van der Waals surface area (Å²) < 4.78 is 5.89. The molecule has 5 aliphatic rings. The second-order valence-electron chi connectivity index (χ2n) is 13.6. The topological polar surface area (TPSA) is 46.5 Å². The summed E-state index contributed by atoms with van der Waals surface area (Å²) in [6.07, 6.45) is 17.1. The fraction of sp³-hybridized carbons (Fsp3) is 0.900. The number of ether oxygens (including phenoxy) is 1. The number of aliphatic hydroxyl groups excluding tert-OH is 1. The minimum Gasteiger partial charge on any atom is -0.462 e. The molecule has 2 spiro atoms. The molecule has 0 radical (unpaired) electrons. The zero-order valence-corrected chi connectivity index (χ0v) is 21.9. The average Bonchev–Trinajstić information content (AvgIpc) is 3.11. The lowest BCUT2D eigenvalue weighted by Gasteiger charge is -2.62. The van der Waals surface area contributed by atoms with Crippen LogP contribution >= 0.6 is 0 Å². The summed E-state index contributed by atoms with van der Waals surface area (Å²) in [7, 11) is 0. The number of rotatable bonds is 4. The normalized spacial score (nSPS) is 52.4. The Morgan fingerprint density at radius 1 is 1.06 bits per heavy atom. The van der Waals surface area contributed by atoms with Crippen LogP contribution in [0.25, 0.3) is 0 Å². The molecule has 3 nitrogen and oxygen atoms in total. The number of hydrogen-bond donors (Lipinski definition) is 1. The van der Waals surface area contributed by atoms with Crippen LogP contribution in [0.5, 0.6) is 0 Å². The van der Waals surface area contributed by atoms with Crippen LogP contribution < -0.4 is 0 Å². The lowest BCUT2D eigenvalue weighted by molar-refractivity contribution is -0.177. The molecule has 0 amide bonds. The molecule has 0 heterocycles. The Bertz CT molecular complexity index is 870. The van der Waals surface area contributed by atoms with E-state index >= 15 is 0 Å². The second-order valence-corrected chi connectivity index (χ2v) is 13.6. The monoisotopic (exact) mass is 454 g/mol. The highest BCUT2D eigenvalue weighted by atomic mass is 16.5. The second kappa shape index (κ2) is 7.25. The zero-order valence-electron chi connectivity index (χ0n) is 21.9. The van der Waals surface area contributed by atoms with Crippen molar-refractivity contribution in [3.05, 3.63) is 0 Å². The van der Waals surface area contributed by atoms with Crippen molar-refractivity contribution < 1.29 is 14.6 Å². The third-order valence-corrected chi connectivity index (χ3v) is 13.0. The van der Waals surface area contributed by atoms with Gasteiger partial charge in [0.1, 0.15) is 6.10 Å². The van der Waals surface area contributed by atoms with Gasteiger partial charge in [0, 0.05) is 24.4 Å². The van der Waals surface area contributed by atoms with Gasteiger partial charge in [-0.25, -0.2) is 0 Å². The van der Waals surface area contributed by atoms with Gasteiger partial charge in [0.05, 0.1) is 0 Å². The smallest absolute Gasteiger partial charge is 0.302 e. The highest BCUT2D eigenvalue weighted by molar-refractivity contribution is 5.66. The Morgan fingerprint density at radius 2 is 1.73 bits per heavy atom. The molecule has 1 N–H and O–H groups in total. The Balaban J connectivity index is 1.52. The van der Waals surface area contributed by atoms with Crippen LogP contribution in [0.3, 0.4) is 0 Å². The van der Waals surface area contributed by atoms with E-state index in [2.05, 4.69) is 40.5 Å². The molecular weight excluding hydrogens is 408 g/mol. The van der Waals surface area contributed by atoms with E-state index in [1.807, 2.05) is 0 Å². The molecule has 0 aromatic rings. The summed E-state index contributed by atoms with van der Waals surface area (Å²) >= 11 is 0. The Labute approximate surface area is 201 Å². The highest BCUT2D eigenvalue weighted by Gasteiger charge is 2.86. The largest absolute Gasteiger partial charge is 0.462 e. The molecule has 33 heavy (non-hydrogen) atoms. The molecule has 3 heteroatoms. The first-order valence-corrected chi connectivity index (χ1v) is 13.8. The van der Waals surface area contributed by atoms with E-state index < -0.39 is 0 Å². The lowest BCUT2D eigenvalue weighted by Crippen LogP contribution is -2.58. The maximum Gasteiger partial charge on any atom is 0.302 e. The molecule has 0 aromatic carbocycles. The van der Waals surface area contributed by atoms with Gasteiger partial charge in [-0.2, -0.15) is 0 Å². The average molecular weight is 455 g/mol. The van der Waals surface area contributed by atoms with E-state index in [9.17, 15) is 9.90 Å². The first kappa shape index (κ1) is 23.7. The Morgan fingerprint density at radius 3 is 2.36 bits per heavy atom. The van der Waals surface area contributed by atoms with Crippen molar-refractivity contribution in [1.29, 1.82) is 0 Å². The lowest BCUT2D eigenvalue weighted by atomic mass is 9.41. The number of aliphatic hydroxyl groups is 1. The van der Waals surface area contributed by atoms with Crippen LogP contribution in [0.1, 0.15) is 99.3 Å². The van der Waals surface area contributed by atoms with Gasteiger partial charge in [0.25, 0.3) is 0 Å². The van der Waals surface area contributed by atoms with Crippen molar-refractivity contribution in [3.8, 4) is 12.3 Å². The van der Waals surface area contributed by atoms with Crippen LogP contribution in [0.4, 0.5) is 0 Å². The molecule has 0 bridgehead atoms. The summed E-state index contributed by atoms with van der Waals surface area (Å²) in [4.78, 5) is 11.9. The van der Waals surface area contributed by atoms with Crippen molar-refractivity contribution in [2.75, 3.05) is 6.61 Å². The molecule has 5 aliphatic carbocycles. The van der Waals surface area contributed by atoms with E-state index in [0.29, 0.717) is 40.4 Å². The van der Waals surface area contributed by atoms with Gasteiger partial charge < -0.3 is 9.84 Å². The quantitative estimate of drug-likeness (QED) is 0.404. The van der Waals surface area contributed by atoms with Gasteiger partial charge in [-0.1, -0.05) is 40.5 Å². The van der Waals surface area contributed by atoms with Crippen molar-refractivity contribution in [2.24, 2.45) is 56.7 Å². The molecule has 10 atom stereocenters. The van der Waals surface area contributed by atoms with E-state index in [-0.39, 0.29) is 34.9 Å². The summed E-state index contributed by atoms with van der Waals surface area (Å²) in [6, 6.07) is 0. The van der Waals surface area contributed by atoms with E-state index in [4.69, 9.17) is 11.2 Å². The van der Waals surface area contributed by atoms with Crippen LogP contribution in [-0.4, -0.2) is 23.8 Å². The minimum absolute atomic E-state index is 0.000756. The SMILES string of the molecule is C#C[C@@]12CC[C@H]([C@H](C)CCO)[C@@]1(C)CC[C@@]13[C@H](C)[C@@]14CC[C@H](OC(C)=O)C(C)(C)[C@@H]4CC[C@H]32. The number of terminal acetylenes is 1. The fourth-order valence-corrected chi connectivity index (χ4v) is 11.7. The highest BCUT2D eigenvalue weighted by Crippen LogP contribution is 2.91. The maximum atomic E-state index is 11.9. The van der Waals surface area contributed by atoms with Crippen LogP contribution in [0.2, 0.25) is 0 Å². The predicted molar refractivity (Wildman–Crippen MR) is 131 cm³/mol. The van der Waals surface area contributed by atoms with Gasteiger partial charge in [-0.05, 0) is 104 Å². The third-order valence-electron chi connectivity index (χ3n) is 13.0. The Hall–Kier alpha value is -1.01. The van der Waals surface area contributed by atoms with Crippen molar-refractivity contribution in [2.45, 2.75) is 105 Å². The molecule has 0 saturated heterocycles. The number of carbonyl (C=O) groups is 1. The van der Waals surface area contributed by atoms with Gasteiger partial charge in [-0.15, -0.1) is 6.42 Å². The predicted octanol–water partition coefficient (Wildman–Crippen LogP) is 6.24. The molecule has 5 fully saturated rings. The number of carbonyl (C=O) groups excluding carboxylic acids is 1. The molecule has 5 saturated carbocycles. The van der Waals surface area contributed by atoms with Crippen LogP contribution in [-0.2, 0) is 9.53 Å². The molecule has 5 rings (SSSR count). The van der Waals surface area contributed by atoms with Gasteiger partial charge in [-0.3, -0.25) is 4.79 Å². The van der Waals surface area contributed by atoms with Crippen LogP contribution in [0.15, 0.2) is 0 Å². The zero-order chi connectivity index (χ0) is 24.0. The number of hydrogen-bond acceptors (Lipinski definition) is 3. The van der Waals surface area contributed by atoms with Crippen LogP contribution in [0, 0.1) is 69.0 Å². The summed E-state index contributed by atoms with van der Waals surface area (Å²) in [5.74, 6) is 6.49. The molecule has 0 unspecified atom stereocenters. The van der Waals surface area contributed by atoms with E-state index in [1.165, 1.54) is 44.9 Å². The molecule has 184 valence electrons. The summed E-state index contributed by atoms with van der Waals surface area (Å²) in [5, 5.41) is 9.65.